The van der Waals surface area contributed by atoms with E-state index in [2.05, 4.69) is 5.32 Å². The van der Waals surface area contributed by atoms with Crippen LogP contribution in [-0.4, -0.2) is 48.8 Å². The van der Waals surface area contributed by atoms with E-state index in [1.807, 2.05) is 0 Å². The largest absolute Gasteiger partial charge is 0.480 e. The summed E-state index contributed by atoms with van der Waals surface area (Å²) in [5.41, 5.74) is 0. The van der Waals surface area contributed by atoms with E-state index >= 15 is 0 Å². The number of piperazine rings is 1. The number of carboxylic acid groups (broad SMARTS) is 1. The number of carbonyl (C=O) groups excluding carboxylic acids is 1. The number of benzene rings is 1. The second kappa shape index (κ2) is 5.37. The normalized spacial score (nSPS) is 20.1. The number of sulfonamides is 1. The van der Waals surface area contributed by atoms with Crippen molar-refractivity contribution in [3.05, 3.63) is 29.8 Å². The van der Waals surface area contributed by atoms with Crippen LogP contribution in [0, 0.1) is 11.6 Å². The predicted octanol–water partition coefficient (Wildman–Crippen LogP) is -0.461. The summed E-state index contributed by atoms with van der Waals surface area (Å²) in [4.78, 5) is 21.6. The lowest BCUT2D eigenvalue weighted by atomic mass is 10.2. The molecule has 1 heterocycles. The number of rotatable bonds is 3. The molecule has 1 aromatic carbocycles. The first-order valence-electron chi connectivity index (χ1n) is 5.69. The van der Waals surface area contributed by atoms with Crippen LogP contribution in [-0.2, 0) is 19.6 Å². The number of amides is 1. The maximum absolute atomic E-state index is 13.1. The highest BCUT2D eigenvalue weighted by molar-refractivity contribution is 7.89. The maximum Gasteiger partial charge on any atom is 0.323 e. The van der Waals surface area contributed by atoms with Crippen LogP contribution < -0.4 is 5.32 Å². The Morgan fingerprint density at radius 1 is 1.29 bits per heavy atom. The topological polar surface area (TPSA) is 104 Å². The van der Waals surface area contributed by atoms with Crippen molar-refractivity contribution in [1.29, 1.82) is 0 Å². The first-order valence-corrected chi connectivity index (χ1v) is 7.13. The van der Waals surface area contributed by atoms with Gasteiger partial charge < -0.3 is 10.4 Å². The number of halogens is 2. The first kappa shape index (κ1) is 15.3. The van der Waals surface area contributed by atoms with E-state index in [1.54, 1.807) is 0 Å². The molecule has 21 heavy (non-hydrogen) atoms. The van der Waals surface area contributed by atoms with Crippen molar-refractivity contribution in [2.24, 2.45) is 0 Å². The molecule has 1 amide bonds. The van der Waals surface area contributed by atoms with Gasteiger partial charge >= 0.3 is 5.97 Å². The van der Waals surface area contributed by atoms with Crippen molar-refractivity contribution in [3.63, 3.8) is 0 Å². The van der Waals surface area contributed by atoms with Crippen molar-refractivity contribution < 1.29 is 31.9 Å². The summed E-state index contributed by atoms with van der Waals surface area (Å²) >= 11 is 0. The van der Waals surface area contributed by atoms with Crippen LogP contribution in [0.2, 0.25) is 0 Å². The average molecular weight is 320 g/mol. The lowest BCUT2D eigenvalue weighted by Crippen LogP contribution is -2.59. The van der Waals surface area contributed by atoms with Crippen molar-refractivity contribution >= 4 is 21.9 Å². The van der Waals surface area contributed by atoms with E-state index in [0.717, 1.165) is 0 Å². The molecule has 0 spiro atoms. The molecule has 0 saturated carbocycles. The predicted molar refractivity (Wildman–Crippen MR) is 64.7 cm³/mol. The van der Waals surface area contributed by atoms with Crippen molar-refractivity contribution in [2.75, 3.05) is 13.1 Å². The van der Waals surface area contributed by atoms with Crippen LogP contribution >= 0.6 is 0 Å². The second-order valence-electron chi connectivity index (χ2n) is 4.31. The van der Waals surface area contributed by atoms with Crippen molar-refractivity contribution in [2.45, 2.75) is 10.9 Å². The van der Waals surface area contributed by atoms with Gasteiger partial charge in [0.1, 0.15) is 17.7 Å². The molecule has 2 rings (SSSR count). The molecule has 1 aromatic rings. The molecule has 0 aliphatic carbocycles. The molecule has 0 bridgehead atoms. The summed E-state index contributed by atoms with van der Waals surface area (Å²) in [6.45, 7) is -1.16. The van der Waals surface area contributed by atoms with Crippen LogP contribution in [0.25, 0.3) is 0 Å². The van der Waals surface area contributed by atoms with Crippen LogP contribution in [0.5, 0.6) is 0 Å². The quantitative estimate of drug-likeness (QED) is 0.784. The number of hydrogen-bond donors (Lipinski definition) is 2. The molecule has 10 heteroatoms. The van der Waals surface area contributed by atoms with Gasteiger partial charge in [0.2, 0.25) is 15.9 Å². The van der Waals surface area contributed by atoms with Crippen molar-refractivity contribution in [1.82, 2.24) is 9.62 Å². The Morgan fingerprint density at radius 2 is 1.86 bits per heavy atom. The maximum atomic E-state index is 13.1. The monoisotopic (exact) mass is 320 g/mol. The minimum absolute atomic E-state index is 0.405. The molecule has 114 valence electrons. The third-order valence-corrected chi connectivity index (χ3v) is 4.70. The Morgan fingerprint density at radius 3 is 2.38 bits per heavy atom. The Labute approximate surface area is 118 Å². The smallest absolute Gasteiger partial charge is 0.323 e. The van der Waals surface area contributed by atoms with Gasteiger partial charge in [0.25, 0.3) is 0 Å². The number of nitrogens with one attached hydrogen (secondary N) is 1. The van der Waals surface area contributed by atoms with E-state index in [-0.39, 0.29) is 0 Å². The fourth-order valence-electron chi connectivity index (χ4n) is 1.90. The van der Waals surface area contributed by atoms with Gasteiger partial charge in [-0.25, -0.2) is 17.2 Å². The van der Waals surface area contributed by atoms with Gasteiger partial charge in [-0.2, -0.15) is 4.31 Å². The van der Waals surface area contributed by atoms with Gasteiger partial charge in [0.15, 0.2) is 0 Å². The fraction of sp³-hybridized carbons (Fsp3) is 0.273. The summed E-state index contributed by atoms with van der Waals surface area (Å²) < 4.78 is 51.3. The van der Waals surface area contributed by atoms with Gasteiger partial charge in [0.05, 0.1) is 11.4 Å². The average Bonchev–Trinajstić information content (AvgIpc) is 2.37. The molecular weight excluding hydrogens is 310 g/mol. The van der Waals surface area contributed by atoms with Crippen molar-refractivity contribution in [3.8, 4) is 0 Å². The Kier molecular flexibility index (Phi) is 3.92. The minimum atomic E-state index is -4.52. The molecule has 7 nitrogen and oxygen atoms in total. The van der Waals surface area contributed by atoms with Crippen LogP contribution in [0.4, 0.5) is 8.78 Å². The highest BCUT2D eigenvalue weighted by atomic mass is 32.2. The molecule has 1 fully saturated rings. The molecule has 1 atom stereocenters. The van der Waals surface area contributed by atoms with E-state index in [4.69, 9.17) is 5.11 Å². The van der Waals surface area contributed by atoms with Gasteiger partial charge in [-0.05, 0) is 12.1 Å². The zero-order valence-electron chi connectivity index (χ0n) is 10.4. The van der Waals surface area contributed by atoms with Crippen LogP contribution in [0.3, 0.4) is 0 Å². The Bertz CT molecular complexity index is 686. The van der Waals surface area contributed by atoms with Gasteiger partial charge in [0, 0.05) is 12.6 Å². The Balaban J connectivity index is 2.49. The minimum Gasteiger partial charge on any atom is -0.480 e. The molecule has 2 N–H and O–H groups in total. The molecule has 0 radical (unpaired) electrons. The lowest BCUT2D eigenvalue weighted by Gasteiger charge is -2.31. The van der Waals surface area contributed by atoms with Gasteiger partial charge in [-0.15, -0.1) is 0 Å². The SMILES string of the molecule is O=C1CN(S(=O)(=O)c2cc(F)cc(F)c2)C(C(=O)O)CN1. The summed E-state index contributed by atoms with van der Waals surface area (Å²) in [7, 11) is -4.52. The number of hydrogen-bond acceptors (Lipinski definition) is 4. The summed E-state index contributed by atoms with van der Waals surface area (Å²) in [6, 6.07) is 0.0589. The molecule has 0 aromatic heterocycles. The Hall–Kier alpha value is -2.07. The van der Waals surface area contributed by atoms with Crippen LogP contribution in [0.15, 0.2) is 23.1 Å². The highest BCUT2D eigenvalue weighted by Crippen LogP contribution is 2.21. The highest BCUT2D eigenvalue weighted by Gasteiger charge is 2.40. The van der Waals surface area contributed by atoms with E-state index < -0.39 is 57.6 Å². The molecule has 1 aliphatic rings. The summed E-state index contributed by atoms with van der Waals surface area (Å²) in [6.07, 6.45) is 0. The number of carboxylic acids is 1. The number of nitrogens with zero attached hydrogens (tertiary/aromatic N) is 1. The number of aliphatic carboxylic acids is 1. The summed E-state index contributed by atoms with van der Waals surface area (Å²) in [5.74, 6) is -4.42. The van der Waals surface area contributed by atoms with E-state index in [0.29, 0.717) is 22.5 Å². The van der Waals surface area contributed by atoms with Gasteiger partial charge in [-0.1, -0.05) is 0 Å². The fourth-order valence-corrected chi connectivity index (χ4v) is 3.48. The van der Waals surface area contributed by atoms with E-state index in [9.17, 15) is 26.8 Å². The first-order chi connectivity index (χ1) is 9.71. The third-order valence-electron chi connectivity index (χ3n) is 2.87. The molecule has 1 unspecified atom stereocenters. The standard InChI is InChI=1S/C11H10F2N2O5S/c12-6-1-7(13)3-8(2-6)21(19,20)15-5-10(16)14-4-9(15)11(17)18/h1-3,9H,4-5H2,(H,14,16)(H,17,18). The second-order valence-corrected chi connectivity index (χ2v) is 6.20. The van der Waals surface area contributed by atoms with Crippen LogP contribution in [0.1, 0.15) is 0 Å². The molecular formula is C11H10F2N2O5S. The van der Waals surface area contributed by atoms with Gasteiger partial charge in [-0.3, -0.25) is 9.59 Å². The van der Waals surface area contributed by atoms with E-state index in [1.165, 1.54) is 0 Å². The molecule has 1 aliphatic heterocycles. The molecule has 1 saturated heterocycles. The zero-order valence-corrected chi connectivity index (χ0v) is 11.2. The summed E-state index contributed by atoms with van der Waals surface area (Å²) in [5, 5.41) is 11.2. The zero-order chi connectivity index (χ0) is 15.8. The lowest BCUT2D eigenvalue weighted by molar-refractivity contribution is -0.143. The third kappa shape index (κ3) is 3.00. The number of carbonyl (C=O) groups is 2.